The average Bonchev–Trinajstić information content (AvgIpc) is 3.79. The SMILES string of the molecule is c1ccc2c(-c3c[nH]c(Nc4ncnc(Nc5cc(-c6nccc7ccccc67)c[nH]5)c5cncc4-5)c3)nccc2c1. The molecule has 2 aromatic carbocycles. The number of rotatable bonds is 6. The number of H-pyrrole nitrogens is 2. The smallest absolute Gasteiger partial charge is 0.142 e. The summed E-state index contributed by atoms with van der Waals surface area (Å²) >= 11 is 0. The van der Waals surface area contributed by atoms with Crippen LogP contribution in [0.1, 0.15) is 0 Å². The fraction of sp³-hybridized carbons (Fsp3) is 0. The van der Waals surface area contributed by atoms with Crippen molar-refractivity contribution in [3.05, 3.63) is 116 Å². The van der Waals surface area contributed by atoms with Gasteiger partial charge < -0.3 is 20.6 Å². The van der Waals surface area contributed by atoms with E-state index in [2.05, 4.69) is 69.8 Å². The Balaban J connectivity index is 1.07. The summed E-state index contributed by atoms with van der Waals surface area (Å²) in [6.45, 7) is 0. The molecule has 6 aromatic rings. The zero-order chi connectivity index (χ0) is 27.9. The maximum Gasteiger partial charge on any atom is 0.142 e. The van der Waals surface area contributed by atoms with Gasteiger partial charge in [0.25, 0.3) is 0 Å². The van der Waals surface area contributed by atoms with Crippen molar-refractivity contribution in [2.24, 2.45) is 0 Å². The molecule has 0 unspecified atom stereocenters. The lowest BCUT2D eigenvalue weighted by atomic mass is 10.1. The zero-order valence-electron chi connectivity index (χ0n) is 22.2. The van der Waals surface area contributed by atoms with Crippen LogP contribution in [-0.2, 0) is 0 Å². The molecule has 9 heteroatoms. The average molecular weight is 546 g/mol. The molecule has 6 heterocycles. The second-order valence-electron chi connectivity index (χ2n) is 9.92. The molecule has 0 fully saturated rings. The standard InChI is InChI=1S/C33H23N9/c1-3-7-24-20(5-1)9-11-35-30(24)22-13-28(37-15-22)41-32-26-17-34-18-27(26)33(40-19-39-32)42-29-14-23(16-38-29)31-25-8-4-2-6-21(25)10-12-36-31/h1-19,37-38H,(H2,39,40,41,42). The van der Waals surface area contributed by atoms with Gasteiger partial charge in [0, 0.05) is 70.2 Å². The molecule has 8 rings (SSSR count). The molecular formula is C33H23N9. The second kappa shape index (κ2) is 9.83. The molecule has 0 amide bonds. The topological polar surface area (TPSA) is 120 Å². The van der Waals surface area contributed by atoms with E-state index in [0.717, 1.165) is 66.8 Å². The number of benzene rings is 2. The summed E-state index contributed by atoms with van der Waals surface area (Å²) in [5, 5.41) is 11.3. The van der Waals surface area contributed by atoms with E-state index in [1.807, 2.05) is 73.3 Å². The summed E-state index contributed by atoms with van der Waals surface area (Å²) in [5.74, 6) is 2.84. The summed E-state index contributed by atoms with van der Waals surface area (Å²) in [5.41, 5.74) is 5.46. The molecule has 0 radical (unpaired) electrons. The van der Waals surface area contributed by atoms with E-state index in [-0.39, 0.29) is 0 Å². The highest BCUT2D eigenvalue weighted by Gasteiger charge is 2.17. The van der Waals surface area contributed by atoms with Crippen LogP contribution >= 0.6 is 0 Å². The molecule has 0 aliphatic carbocycles. The van der Waals surface area contributed by atoms with Crippen LogP contribution in [0.15, 0.2) is 116 Å². The Bertz CT molecular complexity index is 2020. The molecule has 0 spiro atoms. The number of fused-ring (bicyclic) bond motifs is 3. The molecule has 9 nitrogen and oxygen atoms in total. The number of nitrogens with zero attached hydrogens (tertiary/aromatic N) is 5. The summed E-state index contributed by atoms with van der Waals surface area (Å²) in [6.07, 6.45) is 12.7. The van der Waals surface area contributed by atoms with Crippen LogP contribution in [0.2, 0.25) is 0 Å². The van der Waals surface area contributed by atoms with Crippen molar-refractivity contribution in [3.8, 4) is 33.6 Å². The van der Waals surface area contributed by atoms with E-state index in [0.29, 0.717) is 11.6 Å². The van der Waals surface area contributed by atoms with Crippen molar-refractivity contribution >= 4 is 44.8 Å². The van der Waals surface area contributed by atoms with Gasteiger partial charge in [-0.15, -0.1) is 0 Å². The van der Waals surface area contributed by atoms with Gasteiger partial charge in [-0.25, -0.2) is 9.97 Å². The first kappa shape index (κ1) is 23.8. The molecule has 42 heavy (non-hydrogen) atoms. The predicted molar refractivity (Wildman–Crippen MR) is 166 cm³/mol. The molecule has 4 N–H and O–H groups in total. The Labute approximate surface area is 240 Å². The van der Waals surface area contributed by atoms with Crippen LogP contribution in [0.3, 0.4) is 0 Å². The van der Waals surface area contributed by atoms with Gasteiger partial charge in [-0.2, -0.15) is 0 Å². The fourth-order valence-corrected chi connectivity index (χ4v) is 5.35. The van der Waals surface area contributed by atoms with Crippen LogP contribution in [0.4, 0.5) is 23.3 Å². The van der Waals surface area contributed by atoms with Crippen molar-refractivity contribution in [2.75, 3.05) is 10.6 Å². The van der Waals surface area contributed by atoms with Gasteiger partial charge in [-0.1, -0.05) is 48.5 Å². The Morgan fingerprint density at radius 3 is 1.57 bits per heavy atom. The molecule has 2 aliphatic heterocycles. The van der Waals surface area contributed by atoms with Gasteiger partial charge in [0.05, 0.1) is 11.4 Å². The predicted octanol–water partition coefficient (Wildman–Crippen LogP) is 7.55. The highest BCUT2D eigenvalue weighted by Crippen LogP contribution is 2.36. The van der Waals surface area contributed by atoms with Crippen LogP contribution in [0.25, 0.3) is 55.2 Å². The molecule has 2 aliphatic rings. The second-order valence-corrected chi connectivity index (χ2v) is 9.92. The van der Waals surface area contributed by atoms with Crippen LogP contribution in [0, 0.1) is 0 Å². The van der Waals surface area contributed by atoms with Crippen LogP contribution in [0.5, 0.6) is 0 Å². The normalized spacial score (nSPS) is 11.3. The third-order valence-electron chi connectivity index (χ3n) is 7.35. The molecule has 0 bridgehead atoms. The van der Waals surface area contributed by atoms with Crippen LogP contribution < -0.4 is 10.6 Å². The lowest BCUT2D eigenvalue weighted by Gasteiger charge is -2.07. The Kier molecular flexibility index (Phi) is 5.56. The van der Waals surface area contributed by atoms with Gasteiger partial charge >= 0.3 is 0 Å². The maximum atomic E-state index is 4.64. The number of nitrogens with one attached hydrogen (secondary N) is 4. The van der Waals surface area contributed by atoms with Gasteiger partial charge in [0.2, 0.25) is 0 Å². The Morgan fingerprint density at radius 1 is 0.548 bits per heavy atom. The minimum atomic E-state index is 0.634. The first-order valence-corrected chi connectivity index (χ1v) is 13.5. The number of aromatic amines is 2. The van der Waals surface area contributed by atoms with E-state index < -0.39 is 0 Å². The van der Waals surface area contributed by atoms with Gasteiger partial charge in [0.1, 0.15) is 29.6 Å². The first-order chi connectivity index (χ1) is 20.8. The number of aromatic nitrogens is 7. The highest BCUT2D eigenvalue weighted by atomic mass is 15.1. The Hall–Kier alpha value is -6.09. The minimum absolute atomic E-state index is 0.634. The third-order valence-corrected chi connectivity index (χ3v) is 7.35. The van der Waals surface area contributed by atoms with Gasteiger partial charge in [-0.3, -0.25) is 15.0 Å². The number of hydrogen-bond donors (Lipinski definition) is 4. The van der Waals surface area contributed by atoms with E-state index >= 15 is 0 Å². The van der Waals surface area contributed by atoms with E-state index in [1.165, 1.54) is 6.33 Å². The maximum absolute atomic E-state index is 4.64. The summed E-state index contributed by atoms with van der Waals surface area (Å²) < 4.78 is 0. The van der Waals surface area contributed by atoms with Crippen molar-refractivity contribution in [3.63, 3.8) is 0 Å². The first-order valence-electron chi connectivity index (χ1n) is 13.5. The largest absolute Gasteiger partial charge is 0.347 e. The summed E-state index contributed by atoms with van der Waals surface area (Å²) in [6, 6.07) is 24.6. The van der Waals surface area contributed by atoms with Gasteiger partial charge in [-0.05, 0) is 35.0 Å². The number of hydrogen-bond acceptors (Lipinski definition) is 7. The summed E-state index contributed by atoms with van der Waals surface area (Å²) in [4.78, 5) is 29.5. The number of pyridine rings is 2. The monoisotopic (exact) mass is 545 g/mol. The molecule has 0 atom stereocenters. The van der Waals surface area contributed by atoms with Crippen molar-refractivity contribution < 1.29 is 0 Å². The molecule has 0 saturated heterocycles. The van der Waals surface area contributed by atoms with Gasteiger partial charge in [0.15, 0.2) is 0 Å². The molecule has 200 valence electrons. The van der Waals surface area contributed by atoms with E-state index in [9.17, 15) is 0 Å². The fourth-order valence-electron chi connectivity index (χ4n) is 5.35. The highest BCUT2D eigenvalue weighted by molar-refractivity contribution is 5.96. The minimum Gasteiger partial charge on any atom is -0.347 e. The quantitative estimate of drug-likeness (QED) is 0.170. The summed E-state index contributed by atoms with van der Waals surface area (Å²) in [7, 11) is 0. The number of anilines is 4. The lowest BCUT2D eigenvalue weighted by molar-refractivity contribution is 1.21. The van der Waals surface area contributed by atoms with Crippen molar-refractivity contribution in [1.82, 2.24) is 34.9 Å². The zero-order valence-corrected chi connectivity index (χ0v) is 22.2. The third kappa shape index (κ3) is 4.16. The van der Waals surface area contributed by atoms with E-state index in [4.69, 9.17) is 0 Å². The van der Waals surface area contributed by atoms with Crippen molar-refractivity contribution in [2.45, 2.75) is 0 Å². The van der Waals surface area contributed by atoms with Crippen molar-refractivity contribution in [1.29, 1.82) is 0 Å². The Morgan fingerprint density at radius 2 is 1.05 bits per heavy atom. The molecule has 0 saturated carbocycles. The molecular weight excluding hydrogens is 522 g/mol. The van der Waals surface area contributed by atoms with E-state index in [1.54, 1.807) is 12.4 Å². The van der Waals surface area contributed by atoms with Crippen LogP contribution in [-0.4, -0.2) is 34.9 Å². The molecule has 4 aromatic heterocycles. The lowest BCUT2D eigenvalue weighted by Crippen LogP contribution is -1.95.